The monoisotopic (exact) mass is 562 g/mol. The van der Waals surface area contributed by atoms with E-state index in [1.807, 2.05) is 19.1 Å². The van der Waals surface area contributed by atoms with Crippen LogP contribution in [-0.2, 0) is 19.7 Å². The van der Waals surface area contributed by atoms with Crippen LogP contribution in [0, 0.1) is 0 Å². The summed E-state index contributed by atoms with van der Waals surface area (Å²) in [6, 6.07) is 7.05. The number of hydrogen-bond donors (Lipinski definition) is 2. The van der Waals surface area contributed by atoms with E-state index in [1.165, 1.54) is 83.5 Å². The van der Waals surface area contributed by atoms with Gasteiger partial charge in [0, 0.05) is 12.0 Å². The van der Waals surface area contributed by atoms with E-state index in [0.29, 0.717) is 25.0 Å². The molecule has 0 saturated heterocycles. The molecular weight excluding hydrogens is 500 g/mol. The first kappa shape index (κ1) is 38.0. The number of carbonyl (C=O) groups excluding carboxylic acids is 1. The van der Waals surface area contributed by atoms with E-state index in [1.54, 1.807) is 12.1 Å². The molecule has 5 heteroatoms. The molecule has 2 N–H and O–H groups in total. The number of carboxylic acid groups (broad SMARTS) is 1. The van der Waals surface area contributed by atoms with Gasteiger partial charge in [-0.1, -0.05) is 148 Å². The zero-order chi connectivity index (χ0) is 29.9. The van der Waals surface area contributed by atoms with Crippen molar-refractivity contribution in [1.82, 2.24) is 0 Å². The molecule has 0 radical (unpaired) electrons. The molecule has 5 nitrogen and oxygen atoms in total. The summed E-state index contributed by atoms with van der Waals surface area (Å²) in [6.45, 7) is 8.74. The molecule has 232 valence electrons. The quantitative estimate of drug-likeness (QED) is 0.0967. The van der Waals surface area contributed by atoms with Crippen LogP contribution in [0.1, 0.15) is 168 Å². The number of carboxylic acids is 1. The predicted octanol–water partition coefficient (Wildman–Crippen LogP) is 10.5. The molecule has 1 atom stereocenters. The van der Waals surface area contributed by atoms with Gasteiger partial charge in [-0.25, -0.2) is 0 Å². The highest BCUT2D eigenvalue weighted by molar-refractivity contribution is 5.83. The van der Waals surface area contributed by atoms with Gasteiger partial charge in [0.2, 0.25) is 0 Å². The minimum absolute atomic E-state index is 0.165. The predicted molar refractivity (Wildman–Crippen MR) is 168 cm³/mol. The van der Waals surface area contributed by atoms with Gasteiger partial charge in [-0.05, 0) is 32.3 Å². The van der Waals surface area contributed by atoms with Gasteiger partial charge in [-0.3, -0.25) is 9.59 Å². The summed E-state index contributed by atoms with van der Waals surface area (Å²) in [5.74, 6) is -0.723. The third kappa shape index (κ3) is 19.1. The Hall–Kier alpha value is -2.04. The number of carbonyl (C=O) groups is 2. The van der Waals surface area contributed by atoms with Crippen molar-refractivity contribution in [2.24, 2.45) is 0 Å². The number of phenols is 1. The number of unbranched alkanes of at least 4 members (excludes halogenated alkanes) is 16. The number of phenolic OH excluding ortho intramolecular Hbond substituents is 1. The average Bonchev–Trinajstić information content (AvgIpc) is 2.94. The van der Waals surface area contributed by atoms with Gasteiger partial charge in [0.1, 0.15) is 5.75 Å². The van der Waals surface area contributed by atoms with Gasteiger partial charge in [-0.15, -0.1) is 0 Å². The van der Waals surface area contributed by atoms with E-state index < -0.39 is 11.4 Å². The summed E-state index contributed by atoms with van der Waals surface area (Å²) in [4.78, 5) is 22.8. The molecule has 0 fully saturated rings. The number of aliphatic carboxylic acids is 1. The summed E-state index contributed by atoms with van der Waals surface area (Å²) in [5.41, 5.74) is -0.107. The maximum Gasteiger partial charge on any atom is 0.316 e. The number of esters is 1. The maximum absolute atomic E-state index is 12.5. The van der Waals surface area contributed by atoms with Crippen molar-refractivity contribution in [2.45, 2.75) is 168 Å². The minimum atomic E-state index is -0.769. The Morgan fingerprint density at radius 1 is 0.675 bits per heavy atom. The number of benzene rings is 1. The molecule has 0 aromatic heterocycles. The lowest BCUT2D eigenvalue weighted by Crippen LogP contribution is -2.34. The van der Waals surface area contributed by atoms with Crippen LogP contribution < -0.4 is 0 Å². The molecule has 0 heterocycles. The van der Waals surface area contributed by atoms with Crippen molar-refractivity contribution < 1.29 is 24.5 Å². The zero-order valence-corrected chi connectivity index (χ0v) is 26.5. The molecule has 1 aromatic carbocycles. The van der Waals surface area contributed by atoms with E-state index >= 15 is 0 Å². The summed E-state index contributed by atoms with van der Waals surface area (Å²) >= 11 is 0. The van der Waals surface area contributed by atoms with Crippen LogP contribution >= 0.6 is 0 Å². The molecule has 0 spiro atoms. The highest BCUT2D eigenvalue weighted by atomic mass is 16.5. The molecule has 1 aromatic rings. The molecule has 0 saturated carbocycles. The van der Waals surface area contributed by atoms with Gasteiger partial charge < -0.3 is 14.9 Å². The van der Waals surface area contributed by atoms with Gasteiger partial charge in [0.05, 0.1) is 12.0 Å². The number of ether oxygens (including phenoxy) is 1. The fraction of sp³-hybridized carbons (Fsp3) is 0.771. The topological polar surface area (TPSA) is 83.8 Å². The van der Waals surface area contributed by atoms with Crippen molar-refractivity contribution >= 4 is 11.9 Å². The van der Waals surface area contributed by atoms with E-state index in [2.05, 4.69) is 20.8 Å². The van der Waals surface area contributed by atoms with E-state index in [-0.39, 0.29) is 11.7 Å². The second-order valence-corrected chi connectivity index (χ2v) is 11.5. The highest BCUT2D eigenvalue weighted by Gasteiger charge is 2.38. The van der Waals surface area contributed by atoms with Crippen LogP contribution in [0.3, 0.4) is 0 Å². The Labute approximate surface area is 246 Å². The second kappa shape index (κ2) is 25.9. The second-order valence-electron chi connectivity index (χ2n) is 11.5. The number of hydrogen-bond acceptors (Lipinski definition) is 4. The highest BCUT2D eigenvalue weighted by Crippen LogP contribution is 2.36. The Bertz CT molecular complexity index is 747. The molecule has 0 bridgehead atoms. The van der Waals surface area contributed by atoms with Gasteiger partial charge >= 0.3 is 11.9 Å². The van der Waals surface area contributed by atoms with Crippen molar-refractivity contribution in [3.8, 4) is 5.75 Å². The number of para-hydroxylation sites is 1. The lowest BCUT2D eigenvalue weighted by Gasteiger charge is -2.28. The van der Waals surface area contributed by atoms with Crippen LogP contribution in [0.15, 0.2) is 24.3 Å². The molecule has 1 unspecified atom stereocenters. The Morgan fingerprint density at radius 2 is 1.12 bits per heavy atom. The standard InChI is InChI=1S/C18H36O2.C17H26O3/c1-2-3-4-5-6-7-8-9-10-11-12-13-14-15-16-17-18(19)20;1-4-6-12-17(3,16(19)20-13-7-5-2)14-10-8-9-11-15(14)18/h2-17H2,1H3,(H,19,20);8-11,18H,4-7,12-13H2,1-3H3. The van der Waals surface area contributed by atoms with Crippen LogP contribution in [0.4, 0.5) is 0 Å². The molecule has 0 aliphatic carbocycles. The van der Waals surface area contributed by atoms with Crippen LogP contribution in [0.5, 0.6) is 5.75 Å². The van der Waals surface area contributed by atoms with Crippen molar-refractivity contribution in [3.05, 3.63) is 29.8 Å². The van der Waals surface area contributed by atoms with Crippen LogP contribution in [-0.4, -0.2) is 28.8 Å². The molecule has 0 aliphatic heterocycles. The van der Waals surface area contributed by atoms with Gasteiger partial charge in [0.25, 0.3) is 0 Å². The Kier molecular flexibility index (Phi) is 24.6. The maximum atomic E-state index is 12.5. The van der Waals surface area contributed by atoms with Gasteiger partial charge in [0.15, 0.2) is 0 Å². The normalized spacial score (nSPS) is 12.3. The zero-order valence-electron chi connectivity index (χ0n) is 26.5. The fourth-order valence-corrected chi connectivity index (χ4v) is 4.93. The van der Waals surface area contributed by atoms with Crippen molar-refractivity contribution in [1.29, 1.82) is 0 Å². The van der Waals surface area contributed by atoms with Gasteiger partial charge in [-0.2, -0.15) is 0 Å². The van der Waals surface area contributed by atoms with E-state index in [9.17, 15) is 14.7 Å². The lowest BCUT2D eigenvalue weighted by molar-refractivity contribution is -0.150. The minimum Gasteiger partial charge on any atom is -0.508 e. The lowest BCUT2D eigenvalue weighted by atomic mass is 9.77. The van der Waals surface area contributed by atoms with Crippen LogP contribution in [0.25, 0.3) is 0 Å². The molecule has 40 heavy (non-hydrogen) atoms. The van der Waals surface area contributed by atoms with Crippen molar-refractivity contribution in [2.75, 3.05) is 6.61 Å². The summed E-state index contributed by atoms with van der Waals surface area (Å²) in [5, 5.41) is 18.6. The SMILES string of the molecule is CCCCCCCCCCCCCCCCCC(=O)O.CCCCOC(=O)C(C)(CCCC)c1ccccc1O. The largest absolute Gasteiger partial charge is 0.508 e. The molecule has 0 amide bonds. The average molecular weight is 563 g/mol. The third-order valence-electron chi connectivity index (χ3n) is 7.70. The number of aromatic hydroxyl groups is 1. The molecule has 1 rings (SSSR count). The summed E-state index contributed by atoms with van der Waals surface area (Å²) < 4.78 is 5.40. The Balaban J connectivity index is 0.000000760. The van der Waals surface area contributed by atoms with E-state index in [4.69, 9.17) is 9.84 Å². The fourth-order valence-electron chi connectivity index (χ4n) is 4.93. The van der Waals surface area contributed by atoms with Crippen molar-refractivity contribution in [3.63, 3.8) is 0 Å². The smallest absolute Gasteiger partial charge is 0.316 e. The van der Waals surface area contributed by atoms with E-state index in [0.717, 1.165) is 38.5 Å². The summed E-state index contributed by atoms with van der Waals surface area (Å²) in [7, 11) is 0. The first-order chi connectivity index (χ1) is 19.3. The third-order valence-corrected chi connectivity index (χ3v) is 7.70. The Morgan fingerprint density at radius 3 is 1.57 bits per heavy atom. The first-order valence-corrected chi connectivity index (χ1v) is 16.5. The first-order valence-electron chi connectivity index (χ1n) is 16.5. The molecule has 0 aliphatic rings. The number of rotatable bonds is 24. The molecular formula is C35H62O5. The van der Waals surface area contributed by atoms with Crippen LogP contribution in [0.2, 0.25) is 0 Å². The summed E-state index contributed by atoms with van der Waals surface area (Å²) in [6.07, 6.45) is 24.7.